The summed E-state index contributed by atoms with van der Waals surface area (Å²) in [6, 6.07) is 10.8. The smallest absolute Gasteiger partial charge is 0.416 e. The third-order valence-electron chi connectivity index (χ3n) is 8.69. The summed E-state index contributed by atoms with van der Waals surface area (Å²) in [6.45, 7) is 1.78. The summed E-state index contributed by atoms with van der Waals surface area (Å²) < 4.78 is 59.8. The van der Waals surface area contributed by atoms with E-state index in [1.54, 1.807) is 41.2 Å². The predicted octanol–water partition coefficient (Wildman–Crippen LogP) is 6.03. The highest BCUT2D eigenvalue weighted by atomic mass is 19.4. The van der Waals surface area contributed by atoms with E-state index in [1.165, 1.54) is 6.07 Å². The molecule has 2 amide bonds. The van der Waals surface area contributed by atoms with Gasteiger partial charge in [0.2, 0.25) is 5.27 Å². The van der Waals surface area contributed by atoms with Crippen molar-refractivity contribution in [3.63, 3.8) is 0 Å². The summed E-state index contributed by atoms with van der Waals surface area (Å²) in [4.78, 5) is 19.1. The molecule has 2 aromatic carbocycles. The SMILES string of the molecule is CN(C)CC1CCC([n+]2cc(NC(=O)Nc3cc(N=C([O-])C(CC#CCOC4CCCCO4)c4ccccc4)cc(C(F)(F)F)c3)on2)CC1. The van der Waals surface area contributed by atoms with Gasteiger partial charge in [-0.25, -0.2) is 4.79 Å². The minimum Gasteiger partial charge on any atom is -0.861 e. The summed E-state index contributed by atoms with van der Waals surface area (Å²) in [7, 11) is 4.11. The van der Waals surface area contributed by atoms with E-state index in [2.05, 4.69) is 51.7 Å². The molecule has 2 unspecified atom stereocenters. The maximum absolute atomic E-state index is 13.9. The first kappa shape index (κ1) is 36.8. The highest BCUT2D eigenvalue weighted by Crippen LogP contribution is 2.35. The molecule has 268 valence electrons. The van der Waals surface area contributed by atoms with Crippen molar-refractivity contribution in [3.8, 4) is 11.8 Å². The lowest BCUT2D eigenvalue weighted by Gasteiger charge is -2.26. The molecule has 2 N–H and O–H groups in total. The molecule has 1 aliphatic heterocycles. The quantitative estimate of drug-likeness (QED) is 0.109. The molecule has 3 aromatic rings. The Balaban J connectivity index is 1.26. The normalized spacial score (nSPS) is 20.5. The standard InChI is InChI=1S/C36H43F3N6O5/c1-44(2)23-25-14-16-30(17-15-25)45-24-32(50-43-45)42-35(47)41-29-21-27(36(37,38)39)20-28(22-29)40-34(46)31(26-10-4-3-5-11-26)12-6-8-18-48-33-13-7-9-19-49-33/h3-5,10-11,20-22,24-25,30-31,33H,7,9,12-19,23H2,1-2H3,(H2-,40,41,42,43,46,47). The van der Waals surface area contributed by atoms with Crippen LogP contribution in [0.2, 0.25) is 0 Å². The van der Waals surface area contributed by atoms with Crippen LogP contribution in [0.1, 0.15) is 74.5 Å². The number of ether oxygens (including phenoxy) is 2. The molecule has 2 heterocycles. The number of alkyl halides is 3. The molecule has 0 radical (unpaired) electrons. The fourth-order valence-corrected chi connectivity index (χ4v) is 6.22. The first-order chi connectivity index (χ1) is 24.0. The molecule has 1 aliphatic carbocycles. The molecule has 0 spiro atoms. The van der Waals surface area contributed by atoms with E-state index in [4.69, 9.17) is 14.0 Å². The summed E-state index contributed by atoms with van der Waals surface area (Å²) in [5, 5.41) is 22.4. The number of benzene rings is 2. The van der Waals surface area contributed by atoms with Crippen molar-refractivity contribution in [2.45, 2.75) is 75.8 Å². The zero-order valence-electron chi connectivity index (χ0n) is 28.2. The molecule has 5 rings (SSSR count). The van der Waals surface area contributed by atoms with Gasteiger partial charge in [-0.1, -0.05) is 42.2 Å². The van der Waals surface area contributed by atoms with Crippen LogP contribution >= 0.6 is 0 Å². The average molecular weight is 697 g/mol. The number of hydrogen-bond donors (Lipinski definition) is 2. The molecule has 11 nitrogen and oxygen atoms in total. The summed E-state index contributed by atoms with van der Waals surface area (Å²) in [6.07, 6.45) is 3.28. The lowest BCUT2D eigenvalue weighted by atomic mass is 9.86. The van der Waals surface area contributed by atoms with E-state index >= 15 is 0 Å². The highest BCUT2D eigenvalue weighted by molar-refractivity contribution is 5.99. The summed E-state index contributed by atoms with van der Waals surface area (Å²) in [5.41, 5.74) is -0.951. The Bertz CT molecular complexity index is 1640. The molecule has 50 heavy (non-hydrogen) atoms. The minimum absolute atomic E-state index is 0.0356. The zero-order valence-corrected chi connectivity index (χ0v) is 28.2. The van der Waals surface area contributed by atoms with E-state index in [0.717, 1.165) is 63.6 Å². The van der Waals surface area contributed by atoms with E-state index in [1.807, 2.05) is 0 Å². The van der Waals surface area contributed by atoms with Crippen molar-refractivity contribution in [1.82, 2.24) is 10.2 Å². The van der Waals surface area contributed by atoms with Crippen molar-refractivity contribution < 1.29 is 41.8 Å². The van der Waals surface area contributed by atoms with Gasteiger partial charge in [0, 0.05) is 44.0 Å². The van der Waals surface area contributed by atoms with Crippen LogP contribution in [0.4, 0.5) is 35.2 Å². The number of carbonyl (C=O) groups excluding carboxylic acids is 1. The van der Waals surface area contributed by atoms with Gasteiger partial charge in [-0.05, 0) is 86.5 Å². The van der Waals surface area contributed by atoms with Crippen LogP contribution in [-0.2, 0) is 15.7 Å². The van der Waals surface area contributed by atoms with Gasteiger partial charge >= 0.3 is 18.1 Å². The topological polar surface area (TPSA) is 128 Å². The number of amides is 2. The number of aliphatic imine (C=N–C) groups is 1. The molecule has 1 saturated heterocycles. The monoisotopic (exact) mass is 696 g/mol. The highest BCUT2D eigenvalue weighted by Gasteiger charge is 2.32. The number of aromatic nitrogens is 2. The fourth-order valence-electron chi connectivity index (χ4n) is 6.22. The van der Waals surface area contributed by atoms with Gasteiger partial charge in [0.1, 0.15) is 6.61 Å². The number of hydrogen-bond acceptors (Lipinski definition) is 8. The van der Waals surface area contributed by atoms with E-state index in [9.17, 15) is 23.1 Å². The van der Waals surface area contributed by atoms with Crippen LogP contribution in [0.3, 0.4) is 0 Å². The number of nitrogens with zero attached hydrogens (tertiary/aromatic N) is 4. The van der Waals surface area contributed by atoms with Crippen molar-refractivity contribution >= 4 is 29.2 Å². The Morgan fingerprint density at radius 1 is 1.10 bits per heavy atom. The minimum atomic E-state index is -4.77. The lowest BCUT2D eigenvalue weighted by Crippen LogP contribution is -2.43. The van der Waals surface area contributed by atoms with Gasteiger partial charge in [-0.2, -0.15) is 13.2 Å². The fraction of sp³-hybridized carbons (Fsp3) is 0.500. The Kier molecular flexibility index (Phi) is 12.9. The molecule has 14 heteroatoms. The van der Waals surface area contributed by atoms with Crippen molar-refractivity contribution in [3.05, 3.63) is 65.9 Å². The maximum atomic E-state index is 13.9. The molecule has 1 aromatic heterocycles. The van der Waals surface area contributed by atoms with Crippen LogP contribution in [0.5, 0.6) is 0 Å². The Labute approximate surface area is 289 Å². The number of halogens is 3. The van der Waals surface area contributed by atoms with Gasteiger partial charge in [0.25, 0.3) is 6.20 Å². The Hall–Kier alpha value is -4.45. The largest absolute Gasteiger partial charge is 0.861 e. The van der Waals surface area contributed by atoms with Gasteiger partial charge in [0.05, 0.1) is 11.3 Å². The number of rotatable bonds is 11. The first-order valence-corrected chi connectivity index (χ1v) is 16.9. The van der Waals surface area contributed by atoms with Gasteiger partial charge in [0.15, 0.2) is 12.3 Å². The Morgan fingerprint density at radius 2 is 1.88 bits per heavy atom. The third-order valence-corrected chi connectivity index (χ3v) is 8.69. The summed E-state index contributed by atoms with van der Waals surface area (Å²) in [5.74, 6) is 4.96. The van der Waals surface area contributed by atoms with E-state index < -0.39 is 29.6 Å². The first-order valence-electron chi connectivity index (χ1n) is 16.9. The van der Waals surface area contributed by atoms with Gasteiger partial charge in [-0.3, -0.25) is 14.8 Å². The number of anilines is 2. The second-order valence-corrected chi connectivity index (χ2v) is 12.9. The van der Waals surface area contributed by atoms with Crippen LogP contribution in [0, 0.1) is 17.8 Å². The van der Waals surface area contributed by atoms with E-state index in [-0.39, 0.29) is 42.6 Å². The molecular weight excluding hydrogens is 653 g/mol. The molecule has 0 bridgehead atoms. The van der Waals surface area contributed by atoms with Crippen LogP contribution in [0.15, 0.2) is 64.2 Å². The molecule has 2 atom stereocenters. The lowest BCUT2D eigenvalue weighted by molar-refractivity contribution is -0.787. The van der Waals surface area contributed by atoms with Crippen molar-refractivity contribution in [2.75, 3.05) is 44.5 Å². The Morgan fingerprint density at radius 3 is 2.58 bits per heavy atom. The van der Waals surface area contributed by atoms with Crippen LogP contribution in [0.25, 0.3) is 0 Å². The average Bonchev–Trinajstić information content (AvgIpc) is 3.55. The van der Waals surface area contributed by atoms with Gasteiger partial charge in [-0.15, -0.1) is 0 Å². The number of nitrogens with one attached hydrogen (secondary N) is 2. The molecule has 2 fully saturated rings. The second kappa shape index (κ2) is 17.5. The van der Waals surface area contributed by atoms with Crippen molar-refractivity contribution in [2.24, 2.45) is 10.9 Å². The summed E-state index contributed by atoms with van der Waals surface area (Å²) >= 11 is 0. The van der Waals surface area contributed by atoms with Gasteiger partial charge < -0.3 is 24.8 Å². The molecule has 2 aliphatic rings. The molecule has 1 saturated carbocycles. The zero-order chi connectivity index (χ0) is 35.5. The third kappa shape index (κ3) is 11.0. The second-order valence-electron chi connectivity index (χ2n) is 12.9. The predicted molar refractivity (Wildman–Crippen MR) is 179 cm³/mol. The van der Waals surface area contributed by atoms with Crippen molar-refractivity contribution in [1.29, 1.82) is 0 Å². The number of carbonyl (C=O) groups is 1. The maximum Gasteiger partial charge on any atom is 0.416 e. The van der Waals surface area contributed by atoms with Crippen LogP contribution in [-0.4, -0.2) is 62.2 Å². The number of urea groups is 1. The van der Waals surface area contributed by atoms with Crippen LogP contribution < -0.4 is 20.4 Å². The molecular formula is C36H43F3N6O5. The van der Waals surface area contributed by atoms with E-state index in [0.29, 0.717) is 18.1 Å².